The Morgan fingerprint density at radius 2 is 2.00 bits per heavy atom. The minimum Gasteiger partial charge on any atom is -0.476 e. The number of alkyl halides is 1. The number of ether oxygens (including phenoxy) is 1. The molecule has 0 saturated carbocycles. The lowest BCUT2D eigenvalue weighted by Crippen LogP contribution is -2.49. The molecular weight excluding hydrogens is 328 g/mol. The van der Waals surface area contributed by atoms with Crippen LogP contribution in [0.2, 0.25) is 0 Å². The van der Waals surface area contributed by atoms with Gasteiger partial charge in [0.05, 0.1) is 12.2 Å². The first-order valence-electron chi connectivity index (χ1n) is 7.58. The maximum atomic E-state index is 12.5. The van der Waals surface area contributed by atoms with Crippen molar-refractivity contribution in [2.45, 2.75) is 13.0 Å². The van der Waals surface area contributed by atoms with Crippen LogP contribution in [0.15, 0.2) is 48.5 Å². The third kappa shape index (κ3) is 3.36. The summed E-state index contributed by atoms with van der Waals surface area (Å²) in [6, 6.07) is 14.6. The SMILES string of the molecule is Cc1ccc2c(c1)N(C(=O)CCl)CC(C(=O)Nc1ccccc1)O2. The van der Waals surface area contributed by atoms with Crippen molar-refractivity contribution < 1.29 is 14.3 Å². The first-order valence-corrected chi connectivity index (χ1v) is 8.11. The zero-order valence-electron chi connectivity index (χ0n) is 13.2. The van der Waals surface area contributed by atoms with Gasteiger partial charge in [0.1, 0.15) is 11.6 Å². The Morgan fingerprint density at radius 3 is 2.71 bits per heavy atom. The van der Waals surface area contributed by atoms with Crippen molar-refractivity contribution in [2.24, 2.45) is 0 Å². The molecule has 1 atom stereocenters. The van der Waals surface area contributed by atoms with Crippen LogP contribution < -0.4 is 15.0 Å². The van der Waals surface area contributed by atoms with Crippen LogP contribution in [0.4, 0.5) is 11.4 Å². The van der Waals surface area contributed by atoms with E-state index in [0.717, 1.165) is 5.56 Å². The van der Waals surface area contributed by atoms with Gasteiger partial charge in [0.15, 0.2) is 6.10 Å². The van der Waals surface area contributed by atoms with Crippen molar-refractivity contribution in [3.63, 3.8) is 0 Å². The number of hydrogen-bond donors (Lipinski definition) is 1. The summed E-state index contributed by atoms with van der Waals surface area (Å²) < 4.78 is 5.80. The second-order valence-electron chi connectivity index (χ2n) is 5.57. The molecule has 1 aliphatic heterocycles. The summed E-state index contributed by atoms with van der Waals surface area (Å²) in [6.45, 7) is 2.05. The molecule has 6 heteroatoms. The monoisotopic (exact) mass is 344 g/mol. The summed E-state index contributed by atoms with van der Waals surface area (Å²) in [4.78, 5) is 26.2. The maximum absolute atomic E-state index is 12.5. The van der Waals surface area contributed by atoms with E-state index in [1.54, 1.807) is 18.2 Å². The molecule has 0 radical (unpaired) electrons. The van der Waals surface area contributed by atoms with Crippen LogP contribution in [0.3, 0.4) is 0 Å². The number of rotatable bonds is 3. The van der Waals surface area contributed by atoms with Gasteiger partial charge in [-0.3, -0.25) is 9.59 Å². The summed E-state index contributed by atoms with van der Waals surface area (Å²) in [7, 11) is 0. The molecule has 0 fully saturated rings. The number of halogens is 1. The third-order valence-corrected chi connectivity index (χ3v) is 4.00. The molecule has 124 valence electrons. The minimum absolute atomic E-state index is 0.126. The normalized spacial score (nSPS) is 16.1. The molecule has 1 heterocycles. The van der Waals surface area contributed by atoms with Crippen LogP contribution in [0.25, 0.3) is 0 Å². The zero-order valence-corrected chi connectivity index (χ0v) is 13.9. The van der Waals surface area contributed by atoms with Crippen LogP contribution in [0.5, 0.6) is 5.75 Å². The molecule has 3 rings (SSSR count). The Morgan fingerprint density at radius 1 is 1.25 bits per heavy atom. The first kappa shape index (κ1) is 16.3. The Balaban J connectivity index is 1.85. The first-order chi connectivity index (χ1) is 11.6. The summed E-state index contributed by atoms with van der Waals surface area (Å²) in [6.07, 6.45) is -0.799. The van der Waals surface area contributed by atoms with E-state index in [1.807, 2.05) is 37.3 Å². The fourth-order valence-electron chi connectivity index (χ4n) is 2.58. The van der Waals surface area contributed by atoms with Crippen LogP contribution in [0.1, 0.15) is 5.56 Å². The van der Waals surface area contributed by atoms with E-state index < -0.39 is 6.10 Å². The van der Waals surface area contributed by atoms with Crippen molar-refractivity contribution >= 4 is 34.8 Å². The third-order valence-electron chi connectivity index (χ3n) is 3.77. The van der Waals surface area contributed by atoms with Crippen molar-refractivity contribution in [3.8, 4) is 5.75 Å². The van der Waals surface area contributed by atoms with E-state index in [4.69, 9.17) is 16.3 Å². The Hall–Kier alpha value is -2.53. The average Bonchev–Trinajstić information content (AvgIpc) is 2.61. The van der Waals surface area contributed by atoms with Gasteiger partial charge in [-0.25, -0.2) is 0 Å². The van der Waals surface area contributed by atoms with E-state index in [0.29, 0.717) is 17.1 Å². The maximum Gasteiger partial charge on any atom is 0.267 e. The zero-order chi connectivity index (χ0) is 17.1. The molecule has 0 bridgehead atoms. The van der Waals surface area contributed by atoms with Gasteiger partial charge in [-0.15, -0.1) is 11.6 Å². The number of anilines is 2. The molecule has 1 N–H and O–H groups in total. The number of nitrogens with one attached hydrogen (secondary N) is 1. The predicted molar refractivity (Wildman–Crippen MR) is 93.7 cm³/mol. The molecule has 0 spiro atoms. The van der Waals surface area contributed by atoms with E-state index in [1.165, 1.54) is 4.90 Å². The highest BCUT2D eigenvalue weighted by Gasteiger charge is 2.33. The van der Waals surface area contributed by atoms with Crippen LogP contribution >= 0.6 is 11.6 Å². The lowest BCUT2D eigenvalue weighted by Gasteiger charge is -2.34. The van der Waals surface area contributed by atoms with E-state index in [2.05, 4.69) is 5.32 Å². The topological polar surface area (TPSA) is 58.6 Å². The van der Waals surface area contributed by atoms with E-state index in [-0.39, 0.29) is 24.2 Å². The summed E-state index contributed by atoms with van der Waals surface area (Å²) in [5.74, 6) is -0.219. The molecule has 24 heavy (non-hydrogen) atoms. The van der Waals surface area contributed by atoms with Crippen molar-refractivity contribution in [3.05, 3.63) is 54.1 Å². The van der Waals surface area contributed by atoms with Crippen LogP contribution in [0, 0.1) is 6.92 Å². The summed E-state index contributed by atoms with van der Waals surface area (Å²) in [5, 5.41) is 2.80. The van der Waals surface area contributed by atoms with E-state index >= 15 is 0 Å². The predicted octanol–water partition coefficient (Wildman–Crippen LogP) is 2.97. The molecule has 1 aliphatic rings. The number of aryl methyl sites for hydroxylation is 1. The van der Waals surface area contributed by atoms with Gasteiger partial charge in [0.2, 0.25) is 5.91 Å². The number of amides is 2. The van der Waals surface area contributed by atoms with Gasteiger partial charge < -0.3 is 15.0 Å². The van der Waals surface area contributed by atoms with Gasteiger partial charge in [-0.2, -0.15) is 0 Å². The lowest BCUT2D eigenvalue weighted by atomic mass is 10.1. The van der Waals surface area contributed by atoms with Crippen molar-refractivity contribution in [1.82, 2.24) is 0 Å². The van der Waals surface area contributed by atoms with Gasteiger partial charge in [-0.05, 0) is 36.8 Å². The second kappa shape index (κ2) is 6.93. The van der Waals surface area contributed by atoms with Crippen LogP contribution in [-0.4, -0.2) is 30.3 Å². The molecule has 2 aromatic carbocycles. The fourth-order valence-corrected chi connectivity index (χ4v) is 2.73. The highest BCUT2D eigenvalue weighted by Crippen LogP contribution is 2.34. The Bertz CT molecular complexity index is 764. The van der Waals surface area contributed by atoms with Crippen molar-refractivity contribution in [1.29, 1.82) is 0 Å². The summed E-state index contributed by atoms with van der Waals surface area (Å²) in [5.41, 5.74) is 2.32. The number of benzene rings is 2. The molecule has 2 amide bonds. The number of para-hydroxylation sites is 1. The second-order valence-corrected chi connectivity index (χ2v) is 5.84. The lowest BCUT2D eigenvalue weighted by molar-refractivity contribution is -0.123. The molecule has 1 unspecified atom stereocenters. The van der Waals surface area contributed by atoms with Crippen molar-refractivity contribution in [2.75, 3.05) is 22.6 Å². The average molecular weight is 345 g/mol. The fraction of sp³-hybridized carbons (Fsp3) is 0.222. The van der Waals surface area contributed by atoms with Crippen LogP contribution in [-0.2, 0) is 9.59 Å². The van der Waals surface area contributed by atoms with Gasteiger partial charge in [0.25, 0.3) is 5.91 Å². The van der Waals surface area contributed by atoms with Gasteiger partial charge in [-0.1, -0.05) is 24.3 Å². The van der Waals surface area contributed by atoms with Gasteiger partial charge in [0, 0.05) is 5.69 Å². The number of hydrogen-bond acceptors (Lipinski definition) is 3. The van der Waals surface area contributed by atoms with Gasteiger partial charge >= 0.3 is 0 Å². The quantitative estimate of drug-likeness (QED) is 0.871. The van der Waals surface area contributed by atoms with E-state index in [9.17, 15) is 9.59 Å². The largest absolute Gasteiger partial charge is 0.476 e. The molecule has 0 aromatic heterocycles. The number of carbonyl (C=O) groups excluding carboxylic acids is 2. The molecular formula is C18H17ClN2O3. The number of fused-ring (bicyclic) bond motifs is 1. The molecule has 0 aliphatic carbocycles. The number of carbonyl (C=O) groups is 2. The smallest absolute Gasteiger partial charge is 0.267 e. The minimum atomic E-state index is -0.799. The molecule has 2 aromatic rings. The molecule has 0 saturated heterocycles. The highest BCUT2D eigenvalue weighted by atomic mass is 35.5. The Labute approximate surface area is 145 Å². The molecule has 5 nitrogen and oxygen atoms in total. The highest BCUT2D eigenvalue weighted by molar-refractivity contribution is 6.29. The standard InChI is InChI=1S/C18H17ClN2O3/c1-12-7-8-15-14(9-12)21(17(22)10-19)11-16(24-15)18(23)20-13-5-3-2-4-6-13/h2-9,16H,10-11H2,1H3,(H,20,23). The number of nitrogens with zero attached hydrogens (tertiary/aromatic N) is 1. The Kier molecular flexibility index (Phi) is 4.71. The summed E-state index contributed by atoms with van der Waals surface area (Å²) >= 11 is 5.72.